The Labute approximate surface area is 229 Å². The highest BCUT2D eigenvalue weighted by molar-refractivity contribution is 6.14. The van der Waals surface area contributed by atoms with Crippen LogP contribution in [0.3, 0.4) is 0 Å². The lowest BCUT2D eigenvalue weighted by Crippen LogP contribution is -2.29. The lowest BCUT2D eigenvalue weighted by Gasteiger charge is -2.40. The number of aromatic nitrogens is 2. The topological polar surface area (TPSA) is 73.4 Å². The first-order valence-corrected chi connectivity index (χ1v) is 13.4. The summed E-state index contributed by atoms with van der Waals surface area (Å²) >= 11 is 0. The molecule has 40 heavy (non-hydrogen) atoms. The molecule has 3 aliphatic carbocycles. The number of fused-ring (bicyclic) bond motifs is 4. The van der Waals surface area contributed by atoms with Crippen molar-refractivity contribution in [1.29, 1.82) is 10.5 Å². The van der Waals surface area contributed by atoms with E-state index in [-0.39, 0.29) is 11.8 Å². The van der Waals surface area contributed by atoms with Crippen molar-refractivity contribution in [3.05, 3.63) is 142 Å². The van der Waals surface area contributed by atoms with Crippen molar-refractivity contribution in [3.8, 4) is 12.1 Å². The third kappa shape index (κ3) is 2.58. The Morgan fingerprint density at radius 1 is 0.475 bits per heavy atom. The van der Waals surface area contributed by atoms with E-state index in [2.05, 4.69) is 72.8 Å². The van der Waals surface area contributed by atoms with Crippen LogP contribution in [0.4, 0.5) is 0 Å². The van der Waals surface area contributed by atoms with E-state index in [1.165, 1.54) is 22.3 Å². The molecule has 0 amide bonds. The van der Waals surface area contributed by atoms with Gasteiger partial charge in [0.15, 0.2) is 0 Å². The molecule has 0 unspecified atom stereocenters. The van der Waals surface area contributed by atoms with Gasteiger partial charge in [-0.2, -0.15) is 10.5 Å². The molecule has 0 fully saturated rings. The van der Waals surface area contributed by atoms with Gasteiger partial charge in [0.25, 0.3) is 0 Å². The van der Waals surface area contributed by atoms with Crippen molar-refractivity contribution in [1.82, 2.24) is 9.97 Å². The van der Waals surface area contributed by atoms with Crippen molar-refractivity contribution in [2.24, 2.45) is 0 Å². The van der Waals surface area contributed by atoms with Gasteiger partial charge in [-0.3, -0.25) is 0 Å². The number of rotatable bonds is 0. The Morgan fingerprint density at radius 3 is 1.23 bits per heavy atom. The van der Waals surface area contributed by atoms with Gasteiger partial charge in [0.2, 0.25) is 0 Å². The first-order valence-electron chi connectivity index (χ1n) is 13.4. The molecule has 6 aromatic carbocycles. The number of hydrogen-bond acceptors (Lipinski definition) is 4. The SMILES string of the molecule is N#Cc1c2ccccc2c(C#N)c2cc3cc4nc5c(nc4cc3cc12)C1c2ccccc2C5c2ccccc21. The van der Waals surface area contributed by atoms with Crippen LogP contribution in [0.5, 0.6) is 0 Å². The highest BCUT2D eigenvalue weighted by Crippen LogP contribution is 2.54. The highest BCUT2D eigenvalue weighted by atomic mass is 14.9. The smallest absolute Gasteiger partial charge is 0.100 e. The summed E-state index contributed by atoms with van der Waals surface area (Å²) in [4.78, 5) is 10.5. The Morgan fingerprint density at radius 2 is 0.850 bits per heavy atom. The molecule has 1 aromatic heterocycles. The number of benzene rings is 6. The molecule has 182 valence electrons. The van der Waals surface area contributed by atoms with Gasteiger partial charge in [0.1, 0.15) is 12.1 Å². The molecule has 0 aliphatic heterocycles. The Kier molecular flexibility index (Phi) is 4.01. The minimum absolute atomic E-state index is 0.0614. The van der Waals surface area contributed by atoms with E-state index in [9.17, 15) is 10.5 Å². The predicted octanol–water partition coefficient (Wildman–Crippen LogP) is 7.82. The molecule has 1 heterocycles. The van der Waals surface area contributed by atoms with Gasteiger partial charge >= 0.3 is 0 Å². The second kappa shape index (κ2) is 7.50. The van der Waals surface area contributed by atoms with E-state index < -0.39 is 0 Å². The Balaban J connectivity index is 1.36. The molecule has 10 rings (SSSR count). The fourth-order valence-corrected chi connectivity index (χ4v) is 7.17. The molecule has 3 aliphatic rings. The molecule has 4 heteroatoms. The minimum atomic E-state index is 0.0614. The molecule has 2 bridgehead atoms. The van der Waals surface area contributed by atoms with E-state index >= 15 is 0 Å². The Hall–Kier alpha value is -5.58. The van der Waals surface area contributed by atoms with Crippen LogP contribution < -0.4 is 0 Å². The summed E-state index contributed by atoms with van der Waals surface area (Å²) in [5, 5.41) is 25.4. The van der Waals surface area contributed by atoms with E-state index in [1.54, 1.807) is 0 Å². The minimum Gasteiger partial charge on any atom is -0.248 e. The van der Waals surface area contributed by atoms with Crippen molar-refractivity contribution >= 4 is 43.4 Å². The average molecular weight is 507 g/mol. The van der Waals surface area contributed by atoms with Gasteiger partial charge in [0.05, 0.1) is 45.4 Å². The van der Waals surface area contributed by atoms with Crippen LogP contribution in [0, 0.1) is 22.7 Å². The average Bonchev–Trinajstić information content (AvgIpc) is 3.00. The fraction of sp³-hybridized carbons (Fsp3) is 0.0556. The lowest BCUT2D eigenvalue weighted by molar-refractivity contribution is 0.709. The summed E-state index contributed by atoms with van der Waals surface area (Å²) in [5.41, 5.74) is 10.2. The molecule has 4 nitrogen and oxygen atoms in total. The van der Waals surface area contributed by atoms with Crippen LogP contribution >= 0.6 is 0 Å². The third-order valence-electron chi connectivity index (χ3n) is 8.83. The molecule has 0 spiro atoms. The van der Waals surface area contributed by atoms with Gasteiger partial charge in [0, 0.05) is 21.5 Å². The first-order chi connectivity index (χ1) is 19.7. The summed E-state index contributed by atoms with van der Waals surface area (Å²) in [6.45, 7) is 0. The molecular weight excluding hydrogens is 488 g/mol. The van der Waals surface area contributed by atoms with Gasteiger partial charge in [-0.1, -0.05) is 72.8 Å². The van der Waals surface area contributed by atoms with Crippen LogP contribution in [0.15, 0.2) is 97.1 Å². The van der Waals surface area contributed by atoms with Gasteiger partial charge in [-0.05, 0) is 57.3 Å². The van der Waals surface area contributed by atoms with Crippen LogP contribution in [0.25, 0.3) is 43.4 Å². The third-order valence-corrected chi connectivity index (χ3v) is 8.83. The second-order valence-corrected chi connectivity index (χ2v) is 10.7. The van der Waals surface area contributed by atoms with Crippen LogP contribution in [-0.4, -0.2) is 9.97 Å². The maximum Gasteiger partial charge on any atom is 0.100 e. The molecule has 0 saturated carbocycles. The quantitative estimate of drug-likeness (QED) is 0.197. The lowest BCUT2D eigenvalue weighted by atomic mass is 9.64. The van der Waals surface area contributed by atoms with Crippen molar-refractivity contribution in [3.63, 3.8) is 0 Å². The molecule has 0 atom stereocenters. The van der Waals surface area contributed by atoms with Gasteiger partial charge in [-0.25, -0.2) is 9.97 Å². The summed E-state index contributed by atoms with van der Waals surface area (Å²) in [7, 11) is 0. The van der Waals surface area contributed by atoms with Crippen molar-refractivity contribution < 1.29 is 0 Å². The second-order valence-electron chi connectivity index (χ2n) is 10.7. The van der Waals surface area contributed by atoms with E-state index in [1.807, 2.05) is 36.4 Å². The zero-order valence-electron chi connectivity index (χ0n) is 21.2. The van der Waals surface area contributed by atoms with E-state index in [4.69, 9.17) is 9.97 Å². The highest BCUT2D eigenvalue weighted by Gasteiger charge is 2.43. The molecule has 0 N–H and O–H groups in total. The van der Waals surface area contributed by atoms with Gasteiger partial charge in [-0.15, -0.1) is 0 Å². The maximum absolute atomic E-state index is 10.1. The number of nitriles is 2. The summed E-state index contributed by atoms with van der Waals surface area (Å²) in [6.07, 6.45) is 0. The molecular formula is C36H18N4. The molecule has 0 saturated heterocycles. The number of hydrogen-bond donors (Lipinski definition) is 0. The Bertz CT molecular complexity index is 2160. The molecule has 0 radical (unpaired) electrons. The zero-order chi connectivity index (χ0) is 26.5. The monoisotopic (exact) mass is 506 g/mol. The fourth-order valence-electron chi connectivity index (χ4n) is 7.17. The zero-order valence-corrected chi connectivity index (χ0v) is 21.2. The van der Waals surface area contributed by atoms with Crippen molar-refractivity contribution in [2.75, 3.05) is 0 Å². The first kappa shape index (κ1) is 21.4. The van der Waals surface area contributed by atoms with Crippen molar-refractivity contribution in [2.45, 2.75) is 11.8 Å². The summed E-state index contributed by atoms with van der Waals surface area (Å²) < 4.78 is 0. The van der Waals surface area contributed by atoms with Crippen LogP contribution in [-0.2, 0) is 0 Å². The van der Waals surface area contributed by atoms with Crippen LogP contribution in [0.1, 0.15) is 56.6 Å². The summed E-state index contributed by atoms with van der Waals surface area (Å²) in [6, 6.07) is 38.1. The van der Waals surface area contributed by atoms with Crippen LogP contribution in [0.2, 0.25) is 0 Å². The van der Waals surface area contributed by atoms with Gasteiger partial charge < -0.3 is 0 Å². The largest absolute Gasteiger partial charge is 0.248 e. The standard InChI is InChI=1S/C36H18N4/c37-17-29-21-7-1-2-8-22(21)30(18-38)28-14-20-16-32-31(15-19(20)13-27(28)29)39-35-33-23-9-3-5-11-25(23)34(36(35)40-32)26-12-6-4-10-24(26)33/h1-16,33-34H. The maximum atomic E-state index is 10.1. The van der Waals surface area contributed by atoms with E-state index in [0.717, 1.165) is 54.7 Å². The van der Waals surface area contributed by atoms with E-state index in [0.29, 0.717) is 11.1 Å². The summed E-state index contributed by atoms with van der Waals surface area (Å²) in [5.74, 6) is 0.123. The normalized spacial score (nSPS) is 16.4. The molecule has 7 aromatic rings. The number of nitrogens with zero attached hydrogens (tertiary/aromatic N) is 4. The predicted molar refractivity (Wildman–Crippen MR) is 156 cm³/mol.